The highest BCUT2D eigenvalue weighted by atomic mass is 35.5. The van der Waals surface area contributed by atoms with Crippen LogP contribution in [0.5, 0.6) is 0 Å². The summed E-state index contributed by atoms with van der Waals surface area (Å²) in [5.74, 6) is 0. The topological polar surface area (TPSA) is 89.4 Å². The van der Waals surface area contributed by atoms with Crippen molar-refractivity contribution in [3.8, 4) is 0 Å². The van der Waals surface area contributed by atoms with E-state index in [0.717, 1.165) is 5.56 Å². The maximum absolute atomic E-state index is 10.3. The molecule has 0 bridgehead atoms. The van der Waals surface area contributed by atoms with Crippen LogP contribution in [0, 0.1) is 10.1 Å². The number of benzene rings is 1. The Morgan fingerprint density at radius 1 is 1.40 bits per heavy atom. The summed E-state index contributed by atoms with van der Waals surface area (Å²) in [6.07, 6.45) is 0.522. The van der Waals surface area contributed by atoms with E-state index in [1.165, 1.54) is 12.1 Å². The van der Waals surface area contributed by atoms with Crippen LogP contribution in [0.2, 0.25) is 0 Å². The Labute approximate surface area is 93.5 Å². The second-order valence-corrected chi connectivity index (χ2v) is 3.07. The van der Waals surface area contributed by atoms with Crippen molar-refractivity contribution < 1.29 is 10.0 Å². The fourth-order valence-electron chi connectivity index (χ4n) is 1.12. The molecular formula is C9H13ClN2O3. The molecule has 1 atom stereocenters. The van der Waals surface area contributed by atoms with Gasteiger partial charge in [0.2, 0.25) is 0 Å². The first-order valence-corrected chi connectivity index (χ1v) is 4.23. The van der Waals surface area contributed by atoms with E-state index in [-0.39, 0.29) is 30.7 Å². The molecule has 0 saturated carbocycles. The maximum atomic E-state index is 10.3. The molecule has 0 saturated heterocycles. The summed E-state index contributed by atoms with van der Waals surface area (Å²) in [5, 5.41) is 19.0. The number of nitrogens with zero attached hydrogens (tertiary/aromatic N) is 1. The number of halogens is 1. The van der Waals surface area contributed by atoms with Crippen molar-refractivity contribution in [1.29, 1.82) is 0 Å². The number of rotatable bonds is 4. The highest BCUT2D eigenvalue weighted by Crippen LogP contribution is 2.12. The highest BCUT2D eigenvalue weighted by Gasteiger charge is 2.06. The molecule has 0 heterocycles. The van der Waals surface area contributed by atoms with Gasteiger partial charge in [-0.2, -0.15) is 0 Å². The predicted molar refractivity (Wildman–Crippen MR) is 59.1 cm³/mol. The summed E-state index contributed by atoms with van der Waals surface area (Å²) in [6, 6.07) is 5.84. The van der Waals surface area contributed by atoms with Gasteiger partial charge in [0, 0.05) is 18.2 Å². The molecule has 5 nitrogen and oxygen atoms in total. The van der Waals surface area contributed by atoms with Gasteiger partial charge in [0.1, 0.15) is 0 Å². The van der Waals surface area contributed by atoms with E-state index in [9.17, 15) is 10.1 Å². The summed E-state index contributed by atoms with van der Waals surface area (Å²) in [4.78, 5) is 9.88. The maximum Gasteiger partial charge on any atom is 0.269 e. The third-order valence-electron chi connectivity index (χ3n) is 1.88. The Bertz CT molecular complexity index is 316. The Morgan fingerprint density at radius 2 is 1.93 bits per heavy atom. The van der Waals surface area contributed by atoms with E-state index >= 15 is 0 Å². The molecular weight excluding hydrogens is 220 g/mol. The number of non-ortho nitro benzene ring substituents is 1. The van der Waals surface area contributed by atoms with Crippen molar-refractivity contribution in [3.63, 3.8) is 0 Å². The lowest BCUT2D eigenvalue weighted by Gasteiger charge is -2.06. The van der Waals surface area contributed by atoms with Crippen LogP contribution in [0.15, 0.2) is 24.3 Å². The standard InChI is InChI=1S/C9H12N2O3.ClH/c10-8(6-12)5-7-1-3-9(4-2-7)11(13)14;/h1-4,8,12H,5-6,10H2;1H/t8-;/m0./s1. The molecule has 1 aromatic rings. The number of nitro benzene ring substituents is 1. The number of aliphatic hydroxyl groups excluding tert-OH is 1. The Balaban J connectivity index is 0.00000196. The highest BCUT2D eigenvalue weighted by molar-refractivity contribution is 5.85. The molecule has 1 aromatic carbocycles. The normalized spacial score (nSPS) is 11.6. The molecule has 0 spiro atoms. The number of hydrogen-bond acceptors (Lipinski definition) is 4. The monoisotopic (exact) mass is 232 g/mol. The van der Waals surface area contributed by atoms with Crippen molar-refractivity contribution in [1.82, 2.24) is 0 Å². The molecule has 0 unspecified atom stereocenters. The first kappa shape index (κ1) is 13.8. The minimum Gasteiger partial charge on any atom is -0.395 e. The van der Waals surface area contributed by atoms with Gasteiger partial charge in [0.25, 0.3) is 5.69 Å². The third kappa shape index (κ3) is 4.24. The minimum atomic E-state index is -0.449. The van der Waals surface area contributed by atoms with Crippen LogP contribution in [0.25, 0.3) is 0 Å². The van der Waals surface area contributed by atoms with Crippen LogP contribution in [0.4, 0.5) is 5.69 Å². The zero-order valence-electron chi connectivity index (χ0n) is 8.00. The predicted octanol–water partition coefficient (Wildman–Crippen LogP) is 0.879. The molecule has 0 amide bonds. The van der Waals surface area contributed by atoms with Crippen LogP contribution in [0.1, 0.15) is 5.56 Å². The zero-order chi connectivity index (χ0) is 10.6. The van der Waals surface area contributed by atoms with E-state index < -0.39 is 4.92 Å². The van der Waals surface area contributed by atoms with Gasteiger partial charge in [-0.15, -0.1) is 12.4 Å². The van der Waals surface area contributed by atoms with Crippen LogP contribution < -0.4 is 5.73 Å². The van der Waals surface area contributed by atoms with Gasteiger partial charge in [-0.1, -0.05) is 12.1 Å². The van der Waals surface area contributed by atoms with Crippen molar-refractivity contribution in [2.45, 2.75) is 12.5 Å². The lowest BCUT2D eigenvalue weighted by Crippen LogP contribution is -2.26. The average Bonchev–Trinajstić information content (AvgIpc) is 2.18. The van der Waals surface area contributed by atoms with Crippen molar-refractivity contribution in [2.75, 3.05) is 6.61 Å². The summed E-state index contributed by atoms with van der Waals surface area (Å²) < 4.78 is 0. The molecule has 0 aliphatic rings. The molecule has 1 rings (SSSR count). The first-order chi connectivity index (χ1) is 6.63. The van der Waals surface area contributed by atoms with E-state index in [2.05, 4.69) is 0 Å². The molecule has 15 heavy (non-hydrogen) atoms. The molecule has 0 fully saturated rings. The molecule has 84 valence electrons. The number of aliphatic hydroxyl groups is 1. The number of nitrogens with two attached hydrogens (primary N) is 1. The summed E-state index contributed by atoms with van der Waals surface area (Å²) in [7, 11) is 0. The SMILES string of the molecule is Cl.N[C@H](CO)Cc1ccc([N+](=O)[O-])cc1. The van der Waals surface area contributed by atoms with Gasteiger partial charge in [-0.25, -0.2) is 0 Å². The minimum absolute atomic E-state index is 0. The van der Waals surface area contributed by atoms with E-state index in [1.807, 2.05) is 0 Å². The summed E-state index contributed by atoms with van der Waals surface area (Å²) >= 11 is 0. The second kappa shape index (κ2) is 6.34. The lowest BCUT2D eigenvalue weighted by molar-refractivity contribution is -0.384. The van der Waals surface area contributed by atoms with Gasteiger partial charge >= 0.3 is 0 Å². The van der Waals surface area contributed by atoms with Crippen LogP contribution in [-0.4, -0.2) is 22.7 Å². The Morgan fingerprint density at radius 3 is 2.33 bits per heavy atom. The summed E-state index contributed by atoms with van der Waals surface area (Å²) in [5.41, 5.74) is 6.47. The van der Waals surface area contributed by atoms with Gasteiger partial charge in [0.05, 0.1) is 11.5 Å². The van der Waals surface area contributed by atoms with Gasteiger partial charge in [0.15, 0.2) is 0 Å². The number of hydrogen-bond donors (Lipinski definition) is 2. The number of nitro groups is 1. The zero-order valence-corrected chi connectivity index (χ0v) is 8.81. The summed E-state index contributed by atoms with van der Waals surface area (Å²) in [6.45, 7) is -0.0863. The van der Waals surface area contributed by atoms with E-state index in [1.54, 1.807) is 12.1 Å². The average molecular weight is 233 g/mol. The lowest BCUT2D eigenvalue weighted by atomic mass is 10.1. The van der Waals surface area contributed by atoms with E-state index in [0.29, 0.717) is 6.42 Å². The molecule has 3 N–H and O–H groups in total. The van der Waals surface area contributed by atoms with Crippen LogP contribution >= 0.6 is 12.4 Å². The molecule has 0 aliphatic heterocycles. The van der Waals surface area contributed by atoms with Crippen LogP contribution in [-0.2, 0) is 6.42 Å². The van der Waals surface area contributed by atoms with Gasteiger partial charge in [-0.3, -0.25) is 10.1 Å². The first-order valence-electron chi connectivity index (χ1n) is 4.23. The third-order valence-corrected chi connectivity index (χ3v) is 1.88. The molecule has 6 heteroatoms. The van der Waals surface area contributed by atoms with Gasteiger partial charge < -0.3 is 10.8 Å². The van der Waals surface area contributed by atoms with Crippen molar-refractivity contribution in [3.05, 3.63) is 39.9 Å². The van der Waals surface area contributed by atoms with Gasteiger partial charge in [-0.05, 0) is 12.0 Å². The molecule has 0 aliphatic carbocycles. The smallest absolute Gasteiger partial charge is 0.269 e. The molecule has 0 aromatic heterocycles. The fraction of sp³-hybridized carbons (Fsp3) is 0.333. The second-order valence-electron chi connectivity index (χ2n) is 3.07. The van der Waals surface area contributed by atoms with Crippen molar-refractivity contribution >= 4 is 18.1 Å². The Kier molecular flexibility index (Phi) is 5.84. The van der Waals surface area contributed by atoms with Crippen molar-refractivity contribution in [2.24, 2.45) is 5.73 Å². The Hall–Kier alpha value is -1.17. The fourth-order valence-corrected chi connectivity index (χ4v) is 1.12. The molecule has 0 radical (unpaired) electrons. The largest absolute Gasteiger partial charge is 0.395 e. The van der Waals surface area contributed by atoms with E-state index in [4.69, 9.17) is 10.8 Å². The van der Waals surface area contributed by atoms with Crippen LogP contribution in [0.3, 0.4) is 0 Å². The quantitative estimate of drug-likeness (QED) is 0.596.